The SMILES string of the molecule is CCCC(C)(C)Nc1cccc(Cl)c1[N+](=O)[O-]. The van der Waals surface area contributed by atoms with Gasteiger partial charge in [-0.25, -0.2) is 0 Å². The lowest BCUT2D eigenvalue weighted by Crippen LogP contribution is -2.30. The van der Waals surface area contributed by atoms with Gasteiger partial charge in [-0.05, 0) is 32.4 Å². The maximum atomic E-state index is 11.0. The average molecular weight is 257 g/mol. The fraction of sp³-hybridized carbons (Fsp3) is 0.500. The zero-order valence-electron chi connectivity index (χ0n) is 10.3. The molecule has 0 bridgehead atoms. The van der Waals surface area contributed by atoms with Crippen molar-refractivity contribution in [2.45, 2.75) is 39.2 Å². The fourth-order valence-corrected chi connectivity index (χ4v) is 2.10. The van der Waals surface area contributed by atoms with E-state index in [-0.39, 0.29) is 16.2 Å². The van der Waals surface area contributed by atoms with E-state index >= 15 is 0 Å². The number of halogens is 1. The number of anilines is 1. The van der Waals surface area contributed by atoms with Gasteiger partial charge in [0, 0.05) is 5.54 Å². The van der Waals surface area contributed by atoms with Gasteiger partial charge in [-0.1, -0.05) is 31.0 Å². The number of nitrogens with one attached hydrogen (secondary N) is 1. The van der Waals surface area contributed by atoms with E-state index in [0.29, 0.717) is 5.69 Å². The highest BCUT2D eigenvalue weighted by Gasteiger charge is 2.23. The maximum absolute atomic E-state index is 11.0. The molecule has 0 aromatic heterocycles. The third-order valence-electron chi connectivity index (χ3n) is 2.52. The summed E-state index contributed by atoms with van der Waals surface area (Å²) in [4.78, 5) is 10.5. The molecule has 0 atom stereocenters. The van der Waals surface area contributed by atoms with E-state index in [1.54, 1.807) is 12.1 Å². The van der Waals surface area contributed by atoms with E-state index in [9.17, 15) is 10.1 Å². The van der Waals surface area contributed by atoms with Crippen LogP contribution in [0.3, 0.4) is 0 Å². The van der Waals surface area contributed by atoms with Crippen LogP contribution in [0.4, 0.5) is 11.4 Å². The van der Waals surface area contributed by atoms with Crippen LogP contribution in [0.15, 0.2) is 18.2 Å². The first-order valence-electron chi connectivity index (χ1n) is 5.58. The van der Waals surface area contributed by atoms with Gasteiger partial charge in [-0.2, -0.15) is 0 Å². The Morgan fingerprint density at radius 1 is 1.47 bits per heavy atom. The van der Waals surface area contributed by atoms with Gasteiger partial charge < -0.3 is 5.32 Å². The predicted octanol–water partition coefficient (Wildman–Crippen LogP) is 4.24. The second-order valence-electron chi connectivity index (χ2n) is 4.65. The predicted molar refractivity (Wildman–Crippen MR) is 70.7 cm³/mol. The summed E-state index contributed by atoms with van der Waals surface area (Å²) in [7, 11) is 0. The smallest absolute Gasteiger partial charge is 0.310 e. The summed E-state index contributed by atoms with van der Waals surface area (Å²) in [5.41, 5.74) is 0.226. The number of benzene rings is 1. The van der Waals surface area contributed by atoms with Crippen LogP contribution < -0.4 is 5.32 Å². The Labute approximate surface area is 106 Å². The maximum Gasteiger partial charge on any atom is 0.310 e. The van der Waals surface area contributed by atoms with Crippen molar-refractivity contribution in [2.24, 2.45) is 0 Å². The summed E-state index contributed by atoms with van der Waals surface area (Å²) in [5.74, 6) is 0. The van der Waals surface area contributed by atoms with Gasteiger partial charge in [0.1, 0.15) is 10.7 Å². The van der Waals surface area contributed by atoms with Crippen molar-refractivity contribution in [1.29, 1.82) is 0 Å². The van der Waals surface area contributed by atoms with E-state index in [1.807, 2.05) is 13.8 Å². The van der Waals surface area contributed by atoms with Gasteiger partial charge in [0.15, 0.2) is 0 Å². The Morgan fingerprint density at radius 3 is 2.65 bits per heavy atom. The van der Waals surface area contributed by atoms with Crippen LogP contribution in [-0.4, -0.2) is 10.5 Å². The second kappa shape index (κ2) is 5.36. The van der Waals surface area contributed by atoms with Crippen molar-refractivity contribution in [3.63, 3.8) is 0 Å². The Balaban J connectivity index is 3.06. The van der Waals surface area contributed by atoms with Gasteiger partial charge in [-0.3, -0.25) is 10.1 Å². The van der Waals surface area contributed by atoms with Crippen molar-refractivity contribution in [2.75, 3.05) is 5.32 Å². The molecule has 0 radical (unpaired) electrons. The lowest BCUT2D eigenvalue weighted by molar-refractivity contribution is -0.383. The standard InChI is InChI=1S/C12H17ClN2O2/c1-4-8-12(2,3)14-10-7-5-6-9(13)11(10)15(16)17/h5-7,14H,4,8H2,1-3H3. The molecule has 4 nitrogen and oxygen atoms in total. The molecule has 0 aliphatic carbocycles. The van der Waals surface area contributed by atoms with Gasteiger partial charge in [0.2, 0.25) is 0 Å². The van der Waals surface area contributed by atoms with Gasteiger partial charge in [0.05, 0.1) is 4.92 Å². The number of rotatable bonds is 5. The molecule has 0 saturated carbocycles. The molecule has 0 spiro atoms. The molecule has 1 N–H and O–H groups in total. The molecule has 94 valence electrons. The molecule has 17 heavy (non-hydrogen) atoms. The third-order valence-corrected chi connectivity index (χ3v) is 2.82. The molecule has 1 aromatic carbocycles. The first-order valence-corrected chi connectivity index (χ1v) is 5.96. The number of nitro groups is 1. The van der Waals surface area contributed by atoms with Crippen molar-refractivity contribution in [3.05, 3.63) is 33.3 Å². The quantitative estimate of drug-likeness (QED) is 0.633. The fourth-order valence-electron chi connectivity index (χ4n) is 1.85. The van der Waals surface area contributed by atoms with Crippen LogP contribution in [0.1, 0.15) is 33.6 Å². The molecular weight excluding hydrogens is 240 g/mol. The minimum atomic E-state index is -0.452. The van der Waals surface area contributed by atoms with Crippen LogP contribution >= 0.6 is 11.6 Å². The highest BCUT2D eigenvalue weighted by Crippen LogP contribution is 2.34. The average Bonchev–Trinajstić information content (AvgIpc) is 2.15. The highest BCUT2D eigenvalue weighted by molar-refractivity contribution is 6.33. The number of nitro benzene ring substituents is 1. The summed E-state index contributed by atoms with van der Waals surface area (Å²) >= 11 is 5.85. The molecule has 1 rings (SSSR count). The van der Waals surface area contributed by atoms with Gasteiger partial charge in [-0.15, -0.1) is 0 Å². The van der Waals surface area contributed by atoms with Gasteiger partial charge in [0.25, 0.3) is 0 Å². The Hall–Kier alpha value is -1.29. The summed E-state index contributed by atoms with van der Waals surface area (Å²) in [5, 5.41) is 14.3. The second-order valence-corrected chi connectivity index (χ2v) is 5.06. The van der Waals surface area contributed by atoms with Crippen LogP contribution in [0, 0.1) is 10.1 Å². The lowest BCUT2D eigenvalue weighted by atomic mass is 9.98. The van der Waals surface area contributed by atoms with Gasteiger partial charge >= 0.3 is 5.69 Å². The van der Waals surface area contributed by atoms with E-state index in [1.165, 1.54) is 6.07 Å². The zero-order valence-corrected chi connectivity index (χ0v) is 11.0. The number of nitrogens with zero attached hydrogens (tertiary/aromatic N) is 1. The summed E-state index contributed by atoms with van der Waals surface area (Å²) in [6.07, 6.45) is 1.94. The largest absolute Gasteiger partial charge is 0.375 e. The molecule has 0 aliphatic rings. The summed E-state index contributed by atoms with van der Waals surface area (Å²) < 4.78 is 0. The Morgan fingerprint density at radius 2 is 2.12 bits per heavy atom. The van der Waals surface area contributed by atoms with Crippen LogP contribution in [-0.2, 0) is 0 Å². The molecule has 0 unspecified atom stereocenters. The molecule has 0 saturated heterocycles. The van der Waals surface area contributed by atoms with Crippen molar-refractivity contribution in [3.8, 4) is 0 Å². The van der Waals surface area contributed by atoms with E-state index in [4.69, 9.17) is 11.6 Å². The van der Waals surface area contributed by atoms with E-state index < -0.39 is 4.92 Å². The van der Waals surface area contributed by atoms with Crippen molar-refractivity contribution >= 4 is 23.0 Å². The molecule has 0 fully saturated rings. The molecule has 1 aromatic rings. The van der Waals surface area contributed by atoms with Crippen LogP contribution in [0.25, 0.3) is 0 Å². The lowest BCUT2D eigenvalue weighted by Gasteiger charge is -2.27. The highest BCUT2D eigenvalue weighted by atomic mass is 35.5. The Bertz CT molecular complexity index is 419. The number of hydrogen-bond donors (Lipinski definition) is 1. The monoisotopic (exact) mass is 256 g/mol. The Kier molecular flexibility index (Phi) is 4.34. The minimum Gasteiger partial charge on any atom is -0.375 e. The van der Waals surface area contributed by atoms with E-state index in [2.05, 4.69) is 12.2 Å². The molecule has 5 heteroatoms. The summed E-state index contributed by atoms with van der Waals surface area (Å²) in [6.45, 7) is 6.11. The third kappa shape index (κ3) is 3.60. The summed E-state index contributed by atoms with van der Waals surface area (Å²) in [6, 6.07) is 4.92. The van der Waals surface area contributed by atoms with Crippen molar-refractivity contribution in [1.82, 2.24) is 0 Å². The van der Waals surface area contributed by atoms with Crippen LogP contribution in [0.2, 0.25) is 5.02 Å². The zero-order chi connectivity index (χ0) is 13.1. The molecule has 0 aliphatic heterocycles. The first-order chi connectivity index (χ1) is 7.87. The minimum absolute atomic E-state index is 0.0571. The van der Waals surface area contributed by atoms with E-state index in [0.717, 1.165) is 12.8 Å². The number of para-hydroxylation sites is 1. The topological polar surface area (TPSA) is 55.2 Å². The number of hydrogen-bond acceptors (Lipinski definition) is 3. The van der Waals surface area contributed by atoms with Crippen LogP contribution in [0.5, 0.6) is 0 Å². The first kappa shape index (κ1) is 13.8. The molecule has 0 heterocycles. The molecule has 0 amide bonds. The molecular formula is C12H17ClN2O2. The normalized spacial score (nSPS) is 11.3. The van der Waals surface area contributed by atoms with Crippen molar-refractivity contribution < 1.29 is 4.92 Å².